The molecule has 3 rings (SSSR count). The van der Waals surface area contributed by atoms with Crippen molar-refractivity contribution < 1.29 is 9.21 Å². The first-order valence-corrected chi connectivity index (χ1v) is 8.69. The van der Waals surface area contributed by atoms with Gasteiger partial charge in [0, 0.05) is 25.2 Å². The van der Waals surface area contributed by atoms with Crippen LogP contribution in [0, 0.1) is 6.92 Å². The lowest BCUT2D eigenvalue weighted by molar-refractivity contribution is -0.130. The summed E-state index contributed by atoms with van der Waals surface area (Å²) in [5.74, 6) is 1.46. The molecule has 1 fully saturated rings. The van der Waals surface area contributed by atoms with Gasteiger partial charge in [-0.1, -0.05) is 25.1 Å². The van der Waals surface area contributed by atoms with Gasteiger partial charge in [0.05, 0.1) is 12.1 Å². The number of benzene rings is 1. The molecule has 0 N–H and O–H groups in total. The Morgan fingerprint density at radius 2 is 1.96 bits per heavy atom. The maximum Gasteiger partial charge on any atom is 0.228 e. The first-order valence-electron chi connectivity index (χ1n) is 8.69. The van der Waals surface area contributed by atoms with Gasteiger partial charge < -0.3 is 14.2 Å². The Morgan fingerprint density at radius 1 is 1.17 bits per heavy atom. The third-order valence-electron chi connectivity index (χ3n) is 4.62. The molecule has 0 unspecified atom stereocenters. The molecule has 2 heterocycles. The van der Waals surface area contributed by atoms with Crippen molar-refractivity contribution in [3.63, 3.8) is 0 Å². The Bertz CT molecular complexity index is 681. The number of oxazole rings is 1. The van der Waals surface area contributed by atoms with Gasteiger partial charge in [0.25, 0.3) is 0 Å². The van der Waals surface area contributed by atoms with E-state index in [-0.39, 0.29) is 5.91 Å². The van der Waals surface area contributed by atoms with Crippen LogP contribution < -0.4 is 0 Å². The average Bonchev–Trinajstić information content (AvgIpc) is 2.83. The number of rotatable bonds is 4. The number of likely N-dealkylation sites (N-methyl/N-ethyl adjacent to an activating group) is 1. The van der Waals surface area contributed by atoms with Crippen LogP contribution in [0.5, 0.6) is 0 Å². The van der Waals surface area contributed by atoms with Crippen molar-refractivity contribution in [2.24, 2.45) is 0 Å². The average molecular weight is 327 g/mol. The van der Waals surface area contributed by atoms with Gasteiger partial charge in [0.1, 0.15) is 5.76 Å². The predicted octanol–water partition coefficient (Wildman–Crippen LogP) is 2.75. The quantitative estimate of drug-likeness (QED) is 0.866. The highest BCUT2D eigenvalue weighted by molar-refractivity contribution is 5.78. The van der Waals surface area contributed by atoms with Gasteiger partial charge in [-0.3, -0.25) is 4.79 Å². The number of carbonyl (C=O) groups is 1. The number of carbonyl (C=O) groups excluding carboxylic acids is 1. The van der Waals surface area contributed by atoms with Crippen LogP contribution in [0.25, 0.3) is 11.5 Å². The van der Waals surface area contributed by atoms with Crippen molar-refractivity contribution in [3.8, 4) is 11.5 Å². The Kier molecular flexibility index (Phi) is 5.30. The van der Waals surface area contributed by atoms with Crippen LogP contribution in [0.3, 0.4) is 0 Å². The summed E-state index contributed by atoms with van der Waals surface area (Å²) in [6, 6.07) is 9.80. The molecule has 2 aromatic rings. The van der Waals surface area contributed by atoms with Gasteiger partial charge in [-0.25, -0.2) is 4.98 Å². The van der Waals surface area contributed by atoms with Gasteiger partial charge in [0.15, 0.2) is 0 Å². The molecule has 1 aromatic carbocycles. The van der Waals surface area contributed by atoms with Gasteiger partial charge in [-0.2, -0.15) is 0 Å². The molecule has 24 heavy (non-hydrogen) atoms. The summed E-state index contributed by atoms with van der Waals surface area (Å²) in [7, 11) is 0. The van der Waals surface area contributed by atoms with Crippen molar-refractivity contribution in [1.82, 2.24) is 14.8 Å². The third kappa shape index (κ3) is 3.85. The molecule has 1 saturated heterocycles. The molecule has 1 aromatic heterocycles. The minimum Gasteiger partial charge on any atom is -0.441 e. The zero-order valence-corrected chi connectivity index (χ0v) is 14.5. The Morgan fingerprint density at radius 3 is 2.71 bits per heavy atom. The fourth-order valence-corrected chi connectivity index (χ4v) is 3.09. The Labute approximate surface area is 143 Å². The Balaban J connectivity index is 1.67. The number of amides is 1. The number of hydrogen-bond acceptors (Lipinski definition) is 4. The van der Waals surface area contributed by atoms with E-state index in [9.17, 15) is 4.79 Å². The summed E-state index contributed by atoms with van der Waals surface area (Å²) in [6.07, 6.45) is 1.35. The molecule has 0 radical (unpaired) electrons. The van der Waals surface area contributed by atoms with E-state index in [2.05, 4.69) is 16.8 Å². The second kappa shape index (κ2) is 7.62. The van der Waals surface area contributed by atoms with E-state index in [0.717, 1.165) is 56.2 Å². The predicted molar refractivity (Wildman–Crippen MR) is 93.7 cm³/mol. The van der Waals surface area contributed by atoms with Crippen molar-refractivity contribution in [2.45, 2.75) is 26.7 Å². The normalized spacial score (nSPS) is 16.2. The number of hydrogen-bond donors (Lipinski definition) is 0. The summed E-state index contributed by atoms with van der Waals surface area (Å²) in [5, 5.41) is 0. The highest BCUT2D eigenvalue weighted by atomic mass is 16.4. The molecule has 0 spiro atoms. The summed E-state index contributed by atoms with van der Waals surface area (Å²) < 4.78 is 5.76. The summed E-state index contributed by atoms with van der Waals surface area (Å²) >= 11 is 0. The number of aryl methyl sites for hydroxylation is 1. The molecule has 0 aliphatic carbocycles. The molecule has 0 atom stereocenters. The SMILES string of the molecule is CCN1CCCN(C(=O)Cc2nc(-c3ccccc3)oc2C)CC1. The van der Waals surface area contributed by atoms with Gasteiger partial charge in [0.2, 0.25) is 11.8 Å². The van der Waals surface area contributed by atoms with Crippen LogP contribution in [0.4, 0.5) is 0 Å². The topological polar surface area (TPSA) is 49.6 Å². The molecular weight excluding hydrogens is 302 g/mol. The van der Waals surface area contributed by atoms with E-state index >= 15 is 0 Å². The Hall–Kier alpha value is -2.14. The molecule has 1 aliphatic heterocycles. The highest BCUT2D eigenvalue weighted by Crippen LogP contribution is 2.22. The lowest BCUT2D eigenvalue weighted by Gasteiger charge is -2.20. The molecule has 0 saturated carbocycles. The van der Waals surface area contributed by atoms with Crippen molar-refractivity contribution in [1.29, 1.82) is 0 Å². The van der Waals surface area contributed by atoms with Crippen LogP contribution in [0.1, 0.15) is 24.8 Å². The second-order valence-corrected chi connectivity index (χ2v) is 6.23. The zero-order valence-electron chi connectivity index (χ0n) is 14.5. The van der Waals surface area contributed by atoms with E-state index in [1.54, 1.807) is 0 Å². The van der Waals surface area contributed by atoms with E-state index in [1.165, 1.54) is 0 Å². The maximum absolute atomic E-state index is 12.6. The van der Waals surface area contributed by atoms with Crippen LogP contribution >= 0.6 is 0 Å². The van der Waals surface area contributed by atoms with Crippen LogP contribution in [-0.4, -0.2) is 53.4 Å². The summed E-state index contributed by atoms with van der Waals surface area (Å²) in [4.78, 5) is 21.5. The van der Waals surface area contributed by atoms with Crippen LogP contribution in [-0.2, 0) is 11.2 Å². The van der Waals surface area contributed by atoms with E-state index in [4.69, 9.17) is 4.42 Å². The summed E-state index contributed by atoms with van der Waals surface area (Å²) in [5.41, 5.74) is 1.68. The zero-order chi connectivity index (χ0) is 16.9. The number of aromatic nitrogens is 1. The van der Waals surface area contributed by atoms with E-state index in [1.807, 2.05) is 42.2 Å². The molecule has 128 valence electrons. The van der Waals surface area contributed by atoms with E-state index in [0.29, 0.717) is 12.3 Å². The first kappa shape index (κ1) is 16.7. The molecule has 5 nitrogen and oxygen atoms in total. The van der Waals surface area contributed by atoms with Crippen molar-refractivity contribution in [3.05, 3.63) is 41.8 Å². The standard InChI is InChI=1S/C19H25N3O2/c1-3-21-10-7-11-22(13-12-21)18(23)14-17-15(2)24-19(20-17)16-8-5-4-6-9-16/h4-6,8-9H,3,7,10-14H2,1-2H3. The minimum atomic E-state index is 0.143. The minimum absolute atomic E-state index is 0.143. The monoisotopic (exact) mass is 327 g/mol. The summed E-state index contributed by atoms with van der Waals surface area (Å²) in [6.45, 7) is 8.75. The fourth-order valence-electron chi connectivity index (χ4n) is 3.09. The highest BCUT2D eigenvalue weighted by Gasteiger charge is 2.21. The van der Waals surface area contributed by atoms with Crippen molar-refractivity contribution >= 4 is 5.91 Å². The second-order valence-electron chi connectivity index (χ2n) is 6.23. The van der Waals surface area contributed by atoms with Gasteiger partial charge in [-0.15, -0.1) is 0 Å². The lowest BCUT2D eigenvalue weighted by Crippen LogP contribution is -2.36. The first-order chi connectivity index (χ1) is 11.7. The molecular formula is C19H25N3O2. The van der Waals surface area contributed by atoms with Crippen LogP contribution in [0.15, 0.2) is 34.7 Å². The van der Waals surface area contributed by atoms with Crippen LogP contribution in [0.2, 0.25) is 0 Å². The fraction of sp³-hybridized carbons (Fsp3) is 0.474. The lowest BCUT2D eigenvalue weighted by atomic mass is 10.2. The van der Waals surface area contributed by atoms with Crippen molar-refractivity contribution in [2.75, 3.05) is 32.7 Å². The smallest absolute Gasteiger partial charge is 0.228 e. The molecule has 1 aliphatic rings. The van der Waals surface area contributed by atoms with Gasteiger partial charge in [-0.05, 0) is 38.6 Å². The third-order valence-corrected chi connectivity index (χ3v) is 4.62. The molecule has 1 amide bonds. The maximum atomic E-state index is 12.6. The largest absolute Gasteiger partial charge is 0.441 e. The number of nitrogens with zero attached hydrogens (tertiary/aromatic N) is 3. The molecule has 5 heteroatoms. The van der Waals surface area contributed by atoms with E-state index < -0.39 is 0 Å². The van der Waals surface area contributed by atoms with Gasteiger partial charge >= 0.3 is 0 Å². The molecule has 0 bridgehead atoms.